The number of para-hydroxylation sites is 3. The van der Waals surface area contributed by atoms with Crippen LogP contribution >= 0.6 is 90.7 Å². The number of aromatic nitrogens is 7. The number of anilines is 2. The number of methoxy groups -OCH3 is 2. The number of unbranched alkanes of at least 4 members (excludes halogenated alkanes) is 4. The number of thiophene rings is 4. The Labute approximate surface area is 798 Å². The fourth-order valence-corrected chi connectivity index (χ4v) is 27.1. The van der Waals surface area contributed by atoms with Crippen molar-refractivity contribution in [2.75, 3.05) is 70.8 Å². The lowest BCUT2D eigenvalue weighted by molar-refractivity contribution is -0.119. The quantitative estimate of drug-likeness (QED) is 0.0178. The highest BCUT2D eigenvalue weighted by atomic mass is 32.1. The predicted molar refractivity (Wildman–Crippen MR) is 548 cm³/mol. The van der Waals surface area contributed by atoms with Crippen molar-refractivity contribution >= 4 is 165 Å². The minimum atomic E-state index is 0.0353. The number of rotatable bonds is 33. The van der Waals surface area contributed by atoms with Crippen LogP contribution in [-0.2, 0) is 80.3 Å². The number of carbonyl (C=O) groups excluding carboxylic acids is 4. The van der Waals surface area contributed by atoms with E-state index in [1.807, 2.05) is 77.8 Å². The molecule has 0 aliphatic carbocycles. The maximum atomic E-state index is 13.0. The first-order valence-electron chi connectivity index (χ1n) is 45.7. The van der Waals surface area contributed by atoms with E-state index in [4.69, 9.17) is 29.4 Å². The van der Waals surface area contributed by atoms with Crippen molar-refractivity contribution in [3.05, 3.63) is 204 Å². The standard InChI is InChI=1S/C29H33N3O2S2.2C25H27N5OS2.C23H28N2O2S2/c1-18-14-23-27(26(35-28(23)19(2)31-18)16-22(33)9-5-4-6-13-34-3)29-32-24-15-20(10-11-25(24)36-29)21-8-7-12-30-17-21;1-15(2)28-12-9-21(31)29-24-22(18-8-11-27-14-20(18)33-24)25-30-23-17(6-3-7-19(23)32-25)16-5-4-10-26-13-16;1-15(2)28-13-9-21(31)29-24-22(18-8-12-27-14-20(18)33-24)25-30-23-17(4-3-5-19(23)32-25)16-6-10-26-11-7-16;1-15-22-17(11-12-24-15)21(23-25-18-9-5-6-10-19(18)29-23)20(28-22)14-16(26)8-4-3-7-13-27-2/h7-8,10-12,15,17-19,31H,4-6,9,13-14,16H2,1-3H3;3-7,10,13,15,27-28H,8-9,11-12,14H2,1-2H3,(H,29,31);3-7,10-11,15,27-28H,8-9,12-14H2,1-2H3,(H,29,31);5-6,9-10,15,24H,3-4,7-8,11-14H2,1-2H3/t18-,19+;;;15-/m1..1/s1. The molecule has 11 aromatic heterocycles. The second kappa shape index (κ2) is 45.6. The Morgan fingerprint density at radius 3 is 1.50 bits per heavy atom. The van der Waals surface area contributed by atoms with E-state index in [2.05, 4.69) is 191 Å². The van der Waals surface area contributed by atoms with Gasteiger partial charge in [0.2, 0.25) is 11.8 Å². The summed E-state index contributed by atoms with van der Waals surface area (Å²) in [6, 6.07) is 41.2. The molecule has 0 spiro atoms. The molecule has 29 heteroatoms. The normalized spacial score (nSPS) is 15.2. The summed E-state index contributed by atoms with van der Waals surface area (Å²) < 4.78 is 14.9. The zero-order chi connectivity index (χ0) is 90.9. The molecule has 0 fully saturated rings. The van der Waals surface area contributed by atoms with Crippen LogP contribution in [0.3, 0.4) is 0 Å². The predicted octanol–water partition coefficient (Wildman–Crippen LogP) is 22.7. The van der Waals surface area contributed by atoms with E-state index in [0.29, 0.717) is 87.3 Å². The van der Waals surface area contributed by atoms with Gasteiger partial charge >= 0.3 is 0 Å². The number of ether oxygens (including phenoxy) is 2. The summed E-state index contributed by atoms with van der Waals surface area (Å²) in [6.07, 6.45) is 24.0. The van der Waals surface area contributed by atoms with Gasteiger partial charge in [-0.1, -0.05) is 95.1 Å². The molecule has 0 unspecified atom stereocenters. The molecule has 8 N–H and O–H groups in total. The van der Waals surface area contributed by atoms with Crippen LogP contribution in [0, 0.1) is 0 Å². The lowest BCUT2D eigenvalue weighted by Gasteiger charge is -2.26. The molecule has 0 radical (unpaired) electrons. The van der Waals surface area contributed by atoms with Gasteiger partial charge in [-0.05, 0) is 186 Å². The molecule has 4 aromatic carbocycles. The van der Waals surface area contributed by atoms with E-state index < -0.39 is 0 Å². The van der Waals surface area contributed by atoms with E-state index in [1.165, 1.54) is 72.0 Å². The van der Waals surface area contributed by atoms with Crippen LogP contribution in [0.4, 0.5) is 10.0 Å². The first kappa shape index (κ1) is 94.8. The van der Waals surface area contributed by atoms with Gasteiger partial charge in [0.25, 0.3) is 0 Å². The number of amides is 2. The molecule has 4 aliphatic heterocycles. The minimum absolute atomic E-state index is 0.0353. The largest absolute Gasteiger partial charge is 0.385 e. The van der Waals surface area contributed by atoms with Crippen LogP contribution in [-0.4, -0.2) is 137 Å². The van der Waals surface area contributed by atoms with Gasteiger partial charge in [-0.15, -0.1) is 90.7 Å². The fraction of sp³-hybridized carbons (Fsp3) is 0.382. The Morgan fingerprint density at radius 1 is 0.443 bits per heavy atom. The molecule has 682 valence electrons. The third kappa shape index (κ3) is 23.5. The average Bonchev–Trinajstić information content (AvgIpc) is 1.60. The lowest BCUT2D eigenvalue weighted by atomic mass is 9.94. The fourth-order valence-electron chi connectivity index (χ4n) is 17.4. The summed E-state index contributed by atoms with van der Waals surface area (Å²) in [7, 11) is 3.45. The highest BCUT2D eigenvalue weighted by molar-refractivity contribution is 7.24. The van der Waals surface area contributed by atoms with Crippen molar-refractivity contribution in [2.24, 2.45) is 0 Å². The number of ketones is 2. The number of benzene rings is 4. The number of carbonyl (C=O) groups is 4. The Morgan fingerprint density at radius 2 is 0.947 bits per heavy atom. The summed E-state index contributed by atoms with van der Waals surface area (Å²) in [6.45, 7) is 22.4. The zero-order valence-corrected chi connectivity index (χ0v) is 82.4. The molecular formula is C102H115N15O6S8. The molecule has 131 heavy (non-hydrogen) atoms. The van der Waals surface area contributed by atoms with Crippen molar-refractivity contribution in [3.8, 4) is 75.7 Å². The molecule has 15 heterocycles. The summed E-state index contributed by atoms with van der Waals surface area (Å²) in [5, 5.41) is 33.1. The number of fused-ring (bicyclic) bond motifs is 8. The first-order valence-corrected chi connectivity index (χ1v) is 52.3. The molecule has 3 atom stereocenters. The Bertz CT molecular complexity index is 6190. The molecule has 19 rings (SSSR count). The maximum Gasteiger partial charge on any atom is 0.226 e. The number of hydrogen-bond donors (Lipinski definition) is 8. The SMILES string of the molecule is CC(C)NCCC(=O)Nc1sc2c(c1-c1nc3c(-c4cccnc4)cccc3s1)CCNC2.CC(C)NCCC(=O)Nc1sc2c(c1-c1nc3c(-c4ccncc4)cccc3s1)CCNC2.COCCCCCC(=O)Cc1sc2c(c1-c1nc3cc(-c4cccnc4)ccc3s1)C[C@@H](C)N[C@H]2C.COCCCCCC(=O)Cc1sc2c(c1-c1nc3ccccc3s1)CCN[C@@H]2C. The number of nitrogens with zero attached hydrogens (tertiary/aromatic N) is 7. The van der Waals surface area contributed by atoms with Crippen LogP contribution in [0.25, 0.3) is 117 Å². The van der Waals surface area contributed by atoms with Gasteiger partial charge < -0.3 is 52.0 Å². The van der Waals surface area contributed by atoms with Crippen LogP contribution in [0.2, 0.25) is 0 Å². The number of thiazole rings is 4. The van der Waals surface area contributed by atoms with E-state index in [-0.39, 0.29) is 17.9 Å². The summed E-state index contributed by atoms with van der Waals surface area (Å²) in [5.74, 6) is 0.729. The highest BCUT2D eigenvalue weighted by Crippen LogP contribution is 2.51. The maximum absolute atomic E-state index is 13.0. The van der Waals surface area contributed by atoms with Gasteiger partial charge in [0, 0.05) is 233 Å². The van der Waals surface area contributed by atoms with Crippen LogP contribution in [0.5, 0.6) is 0 Å². The topological polar surface area (TPSA) is 273 Å². The van der Waals surface area contributed by atoms with Gasteiger partial charge in [0.05, 0.1) is 40.9 Å². The molecule has 21 nitrogen and oxygen atoms in total. The monoisotopic (exact) mass is 1900 g/mol. The third-order valence-electron chi connectivity index (χ3n) is 23.7. The van der Waals surface area contributed by atoms with Crippen LogP contribution < -0.4 is 42.5 Å². The second-order valence-corrected chi connectivity index (χ2v) is 42.9. The van der Waals surface area contributed by atoms with E-state index in [0.717, 1.165) is 216 Å². The highest BCUT2D eigenvalue weighted by Gasteiger charge is 2.34. The Hall–Kier alpha value is -9.35. The van der Waals surface area contributed by atoms with Gasteiger partial charge in [0.15, 0.2) is 0 Å². The smallest absolute Gasteiger partial charge is 0.226 e. The van der Waals surface area contributed by atoms with Gasteiger partial charge in [-0.25, -0.2) is 19.9 Å². The molecule has 0 saturated carbocycles. The van der Waals surface area contributed by atoms with Crippen molar-refractivity contribution in [1.29, 1.82) is 0 Å². The van der Waals surface area contributed by atoms with Crippen molar-refractivity contribution in [2.45, 2.75) is 194 Å². The van der Waals surface area contributed by atoms with Crippen molar-refractivity contribution < 1.29 is 28.7 Å². The summed E-state index contributed by atoms with van der Waals surface area (Å²) in [4.78, 5) is 91.8. The summed E-state index contributed by atoms with van der Waals surface area (Å²) in [5.41, 5.74) is 20.7. The molecule has 0 bridgehead atoms. The minimum Gasteiger partial charge on any atom is -0.385 e. The second-order valence-electron chi connectivity index (χ2n) is 34.3. The van der Waals surface area contributed by atoms with E-state index >= 15 is 0 Å². The van der Waals surface area contributed by atoms with Gasteiger partial charge in [-0.2, -0.15) is 0 Å². The first-order chi connectivity index (χ1) is 63.9. The number of pyridine rings is 3. The van der Waals surface area contributed by atoms with Crippen molar-refractivity contribution in [3.63, 3.8) is 0 Å². The van der Waals surface area contributed by atoms with E-state index in [1.54, 1.807) is 94.6 Å². The molecule has 15 aromatic rings. The zero-order valence-electron chi connectivity index (χ0n) is 75.8. The Kier molecular flexibility index (Phi) is 33.0. The Balaban J connectivity index is 0.000000128. The molecule has 2 amide bonds. The molecular weight excluding hydrogens is 1790 g/mol. The molecule has 0 saturated heterocycles. The third-order valence-corrected chi connectivity index (χ3v) is 33.0. The van der Waals surface area contributed by atoms with Gasteiger partial charge in [0.1, 0.15) is 41.6 Å². The van der Waals surface area contributed by atoms with E-state index in [9.17, 15) is 19.2 Å². The number of nitrogens with one attached hydrogen (secondary N) is 8. The average molecular weight is 1900 g/mol. The summed E-state index contributed by atoms with van der Waals surface area (Å²) >= 11 is 13.8. The number of Topliss-reactive ketones (excluding diaryl/α,β-unsaturated/α-hetero) is 2. The van der Waals surface area contributed by atoms with Crippen LogP contribution in [0.1, 0.15) is 176 Å². The number of hydrogen-bond acceptors (Lipinski definition) is 27. The van der Waals surface area contributed by atoms with Gasteiger partial charge in [-0.3, -0.25) is 34.1 Å². The van der Waals surface area contributed by atoms with Crippen LogP contribution in [0.15, 0.2) is 152 Å². The van der Waals surface area contributed by atoms with Crippen molar-refractivity contribution in [1.82, 2.24) is 66.8 Å². The lowest BCUT2D eigenvalue weighted by Crippen LogP contribution is -2.35. The molecule has 4 aliphatic rings.